The van der Waals surface area contributed by atoms with E-state index in [1.54, 1.807) is 19.3 Å². The van der Waals surface area contributed by atoms with Crippen LogP contribution in [0.3, 0.4) is 0 Å². The SMILES string of the molecule is Cc1cc2oc(=O)c(CC(=O)N[C@@H](C)C(=O)O)c(C)c2c2occ(-c3ccccc3)c12. The molecule has 1 atom stereocenters. The third kappa shape index (κ3) is 3.59. The van der Waals surface area contributed by atoms with Crippen molar-refractivity contribution < 1.29 is 23.5 Å². The Morgan fingerprint density at radius 2 is 1.84 bits per heavy atom. The minimum Gasteiger partial charge on any atom is -0.480 e. The van der Waals surface area contributed by atoms with Gasteiger partial charge in [-0.2, -0.15) is 0 Å². The third-order valence-electron chi connectivity index (χ3n) is 5.45. The smallest absolute Gasteiger partial charge is 0.340 e. The number of carboxylic acid groups (broad SMARTS) is 1. The van der Waals surface area contributed by atoms with Crippen LogP contribution in [0.4, 0.5) is 0 Å². The lowest BCUT2D eigenvalue weighted by Gasteiger charge is -2.12. The Balaban J connectivity index is 1.88. The van der Waals surface area contributed by atoms with Gasteiger partial charge in [0.2, 0.25) is 5.91 Å². The van der Waals surface area contributed by atoms with Gasteiger partial charge in [0.1, 0.15) is 17.2 Å². The highest BCUT2D eigenvalue weighted by Gasteiger charge is 2.22. The standard InChI is InChI=1S/C24H21NO6/c1-12-9-18-21(22-20(12)17(11-30-22)15-7-5-4-6-8-15)13(2)16(24(29)31-18)10-19(26)25-14(3)23(27)28/h4-9,11,14H,10H2,1-3H3,(H,25,26)(H,27,28)/t14-/m0/s1. The van der Waals surface area contributed by atoms with Crippen molar-refractivity contribution in [3.8, 4) is 11.1 Å². The second-order valence-electron chi connectivity index (χ2n) is 7.58. The first-order valence-corrected chi connectivity index (χ1v) is 9.82. The normalized spacial score (nSPS) is 12.2. The summed E-state index contributed by atoms with van der Waals surface area (Å²) in [6, 6.07) is 10.6. The van der Waals surface area contributed by atoms with Gasteiger partial charge in [0.15, 0.2) is 0 Å². The molecule has 7 heteroatoms. The van der Waals surface area contributed by atoms with E-state index in [2.05, 4.69) is 5.32 Å². The van der Waals surface area contributed by atoms with E-state index in [0.717, 1.165) is 22.1 Å². The molecule has 0 radical (unpaired) electrons. The zero-order chi connectivity index (χ0) is 22.3. The van der Waals surface area contributed by atoms with Crippen molar-refractivity contribution in [2.45, 2.75) is 33.2 Å². The van der Waals surface area contributed by atoms with Crippen molar-refractivity contribution in [2.24, 2.45) is 0 Å². The number of aliphatic carboxylic acids is 1. The largest absolute Gasteiger partial charge is 0.480 e. The van der Waals surface area contributed by atoms with Gasteiger partial charge < -0.3 is 19.3 Å². The van der Waals surface area contributed by atoms with Gasteiger partial charge in [0.25, 0.3) is 0 Å². The first-order valence-electron chi connectivity index (χ1n) is 9.82. The molecule has 0 unspecified atom stereocenters. The molecule has 0 aliphatic heterocycles. The van der Waals surface area contributed by atoms with E-state index in [1.807, 2.05) is 37.3 Å². The van der Waals surface area contributed by atoms with Gasteiger partial charge >= 0.3 is 11.6 Å². The van der Waals surface area contributed by atoms with Crippen LogP contribution in [0, 0.1) is 13.8 Å². The fourth-order valence-electron chi connectivity index (χ4n) is 3.84. The predicted molar refractivity (Wildman–Crippen MR) is 116 cm³/mol. The number of amides is 1. The maximum absolute atomic E-state index is 12.6. The molecular formula is C24H21NO6. The van der Waals surface area contributed by atoms with E-state index < -0.39 is 23.5 Å². The van der Waals surface area contributed by atoms with Crippen molar-refractivity contribution in [3.05, 3.63) is 69.8 Å². The monoisotopic (exact) mass is 419 g/mol. The topological polar surface area (TPSA) is 110 Å². The van der Waals surface area contributed by atoms with Crippen LogP contribution in [0.1, 0.15) is 23.6 Å². The number of fused-ring (bicyclic) bond motifs is 3. The van der Waals surface area contributed by atoms with Crippen molar-refractivity contribution in [1.29, 1.82) is 0 Å². The first kappa shape index (κ1) is 20.4. The van der Waals surface area contributed by atoms with Crippen LogP contribution in [-0.2, 0) is 16.0 Å². The molecule has 2 aromatic heterocycles. The zero-order valence-corrected chi connectivity index (χ0v) is 17.3. The number of hydrogen-bond acceptors (Lipinski definition) is 5. The van der Waals surface area contributed by atoms with Gasteiger partial charge in [-0.1, -0.05) is 30.3 Å². The molecule has 158 valence electrons. The van der Waals surface area contributed by atoms with Gasteiger partial charge in [-0.25, -0.2) is 4.79 Å². The number of rotatable bonds is 5. The molecule has 4 aromatic rings. The predicted octanol–water partition coefficient (Wildman–Crippen LogP) is 3.95. The maximum Gasteiger partial charge on any atom is 0.340 e. The highest BCUT2D eigenvalue weighted by molar-refractivity contribution is 6.11. The average molecular weight is 419 g/mol. The molecule has 4 rings (SSSR count). The number of furan rings is 1. The average Bonchev–Trinajstić information content (AvgIpc) is 3.17. The second kappa shape index (κ2) is 7.75. The maximum atomic E-state index is 12.6. The number of carbonyl (C=O) groups excluding carboxylic acids is 1. The van der Waals surface area contributed by atoms with E-state index >= 15 is 0 Å². The molecule has 0 fully saturated rings. The quantitative estimate of drug-likeness (QED) is 0.474. The lowest BCUT2D eigenvalue weighted by molar-refractivity contribution is -0.141. The fourth-order valence-corrected chi connectivity index (χ4v) is 3.84. The summed E-state index contributed by atoms with van der Waals surface area (Å²) in [7, 11) is 0. The van der Waals surface area contributed by atoms with Crippen molar-refractivity contribution >= 4 is 33.8 Å². The van der Waals surface area contributed by atoms with Gasteiger partial charge in [-0.15, -0.1) is 0 Å². The van der Waals surface area contributed by atoms with Gasteiger partial charge in [0.05, 0.1) is 23.6 Å². The van der Waals surface area contributed by atoms with Crippen molar-refractivity contribution in [1.82, 2.24) is 5.32 Å². The summed E-state index contributed by atoms with van der Waals surface area (Å²) < 4.78 is 11.5. The van der Waals surface area contributed by atoms with Crippen LogP contribution in [0.2, 0.25) is 0 Å². The van der Waals surface area contributed by atoms with Crippen LogP contribution < -0.4 is 10.9 Å². The van der Waals surface area contributed by atoms with Crippen molar-refractivity contribution in [2.75, 3.05) is 0 Å². The molecule has 31 heavy (non-hydrogen) atoms. The molecular weight excluding hydrogens is 398 g/mol. The number of carbonyl (C=O) groups is 2. The Morgan fingerprint density at radius 3 is 2.52 bits per heavy atom. The lowest BCUT2D eigenvalue weighted by atomic mass is 9.96. The summed E-state index contributed by atoms with van der Waals surface area (Å²) in [6.45, 7) is 5.02. The molecule has 0 saturated heterocycles. The number of hydrogen-bond donors (Lipinski definition) is 2. The third-order valence-corrected chi connectivity index (χ3v) is 5.45. The lowest BCUT2D eigenvalue weighted by Crippen LogP contribution is -2.39. The second-order valence-corrected chi connectivity index (χ2v) is 7.58. The van der Waals surface area contributed by atoms with Crippen LogP contribution in [0.25, 0.3) is 33.1 Å². The Morgan fingerprint density at radius 1 is 1.13 bits per heavy atom. The van der Waals surface area contributed by atoms with Crippen LogP contribution >= 0.6 is 0 Å². The molecule has 1 amide bonds. The van der Waals surface area contributed by atoms with E-state index in [0.29, 0.717) is 22.1 Å². The molecule has 0 spiro atoms. The molecule has 0 aliphatic carbocycles. The summed E-state index contributed by atoms with van der Waals surface area (Å²) in [4.78, 5) is 35.9. The minimum atomic E-state index is -1.16. The van der Waals surface area contributed by atoms with Gasteiger partial charge in [0, 0.05) is 10.9 Å². The van der Waals surface area contributed by atoms with Gasteiger partial charge in [-0.05, 0) is 43.5 Å². The Kier molecular flexibility index (Phi) is 5.10. The minimum absolute atomic E-state index is 0.172. The molecule has 0 bridgehead atoms. The number of benzene rings is 2. The Bertz CT molecular complexity index is 1380. The molecule has 2 aromatic carbocycles. The summed E-state index contributed by atoms with van der Waals surface area (Å²) >= 11 is 0. The summed E-state index contributed by atoms with van der Waals surface area (Å²) in [6.07, 6.45) is 1.39. The molecule has 0 aliphatic rings. The summed E-state index contributed by atoms with van der Waals surface area (Å²) in [5.74, 6) is -1.73. The summed E-state index contributed by atoms with van der Waals surface area (Å²) in [5.41, 5.74) is 3.90. The zero-order valence-electron chi connectivity index (χ0n) is 17.3. The molecule has 2 heterocycles. The molecule has 0 saturated carbocycles. The van der Waals surface area contributed by atoms with E-state index in [4.69, 9.17) is 13.9 Å². The highest BCUT2D eigenvalue weighted by atomic mass is 16.4. The Hall–Kier alpha value is -3.87. The molecule has 7 nitrogen and oxygen atoms in total. The van der Waals surface area contributed by atoms with Crippen LogP contribution in [-0.4, -0.2) is 23.0 Å². The van der Waals surface area contributed by atoms with E-state index in [9.17, 15) is 14.4 Å². The number of carboxylic acids is 1. The highest BCUT2D eigenvalue weighted by Crippen LogP contribution is 2.38. The van der Waals surface area contributed by atoms with E-state index in [-0.39, 0.29) is 12.0 Å². The van der Waals surface area contributed by atoms with Crippen LogP contribution in [0.5, 0.6) is 0 Å². The van der Waals surface area contributed by atoms with Crippen LogP contribution in [0.15, 0.2) is 56.3 Å². The van der Waals surface area contributed by atoms with Crippen molar-refractivity contribution in [3.63, 3.8) is 0 Å². The Labute approximate surface area is 177 Å². The van der Waals surface area contributed by atoms with E-state index in [1.165, 1.54) is 6.92 Å². The summed E-state index contributed by atoms with van der Waals surface area (Å²) in [5, 5.41) is 12.9. The molecule has 2 N–H and O–H groups in total. The number of nitrogens with one attached hydrogen (secondary N) is 1. The number of aryl methyl sites for hydroxylation is 2. The fraction of sp³-hybridized carbons (Fsp3) is 0.208. The van der Waals surface area contributed by atoms with Gasteiger partial charge in [-0.3, -0.25) is 9.59 Å². The first-order chi connectivity index (χ1) is 14.8.